The van der Waals surface area contributed by atoms with Crippen LogP contribution in [-0.2, 0) is 5.54 Å². The molecule has 3 aromatic heterocycles. The van der Waals surface area contributed by atoms with Gasteiger partial charge in [-0.15, -0.1) is 0 Å². The molecule has 0 spiro atoms. The highest BCUT2D eigenvalue weighted by Gasteiger charge is 2.53. The Balaban J connectivity index is 1.37. The predicted molar refractivity (Wildman–Crippen MR) is 135 cm³/mol. The zero-order valence-electron chi connectivity index (χ0n) is 23.7. The molecule has 1 fully saturated rings. The van der Waals surface area contributed by atoms with E-state index in [2.05, 4.69) is 32.2 Å². The fourth-order valence-electron chi connectivity index (χ4n) is 6.49. The van der Waals surface area contributed by atoms with Gasteiger partial charge in [0.25, 0.3) is 5.91 Å². The maximum absolute atomic E-state index is 15.4. The number of carbonyl (C=O) groups excluding carboxylic acids is 1. The lowest BCUT2D eigenvalue weighted by Gasteiger charge is -2.47. The molecule has 0 unspecified atom stereocenters. The van der Waals surface area contributed by atoms with Crippen molar-refractivity contribution in [2.24, 2.45) is 11.1 Å². The highest BCUT2D eigenvalue weighted by atomic mass is 19.1. The molecule has 4 heterocycles. The van der Waals surface area contributed by atoms with E-state index in [4.69, 9.17) is 9.85 Å². The molecular weight excluding hydrogens is 497 g/mol. The third-order valence-electron chi connectivity index (χ3n) is 8.14. The Morgan fingerprint density at radius 3 is 2.69 bits per heavy atom. The van der Waals surface area contributed by atoms with Crippen molar-refractivity contribution in [2.75, 3.05) is 6.98 Å². The molecule has 1 saturated carbocycles. The normalized spacial score (nSPS) is 28.3. The molecule has 2 bridgehead atoms. The number of hydrogen-bond donors (Lipinski definition) is 1. The predicted octanol–water partition coefficient (Wildman–Crippen LogP) is 3.34. The number of halogens is 1. The van der Waals surface area contributed by atoms with Crippen LogP contribution in [0.2, 0.25) is 0 Å². The maximum Gasteiger partial charge on any atom is 0.254 e. The molecule has 0 radical (unpaired) electrons. The zero-order valence-corrected chi connectivity index (χ0v) is 20.7. The van der Waals surface area contributed by atoms with Crippen LogP contribution >= 0.6 is 0 Å². The Hall–Kier alpha value is -4.74. The van der Waals surface area contributed by atoms with Gasteiger partial charge in [-0.2, -0.15) is 15.6 Å². The van der Waals surface area contributed by atoms with Crippen LogP contribution in [0.4, 0.5) is 4.39 Å². The Morgan fingerprint density at radius 2 is 2.00 bits per heavy atom. The molecule has 1 amide bonds. The molecule has 10 nitrogen and oxygen atoms in total. The van der Waals surface area contributed by atoms with E-state index in [-0.39, 0.29) is 34.5 Å². The number of fused-ring (bicyclic) bond motifs is 9. The molecule has 3 aliphatic rings. The first-order chi connectivity index (χ1) is 19.9. The topological polar surface area (TPSA) is 150 Å². The van der Waals surface area contributed by atoms with Crippen LogP contribution in [0.1, 0.15) is 80.8 Å². The number of hydrogen-bond acceptors (Lipinski definition) is 8. The van der Waals surface area contributed by atoms with Crippen molar-refractivity contribution < 1.29 is 13.3 Å². The summed E-state index contributed by atoms with van der Waals surface area (Å²) in [5.74, 6) is -1.65. The molecule has 4 aromatic rings. The highest BCUT2D eigenvalue weighted by Crippen LogP contribution is 2.52. The fraction of sp³-hybridized carbons (Fsp3) is 0.321. The van der Waals surface area contributed by atoms with Crippen LogP contribution in [0, 0.1) is 33.9 Å². The molecule has 1 aliphatic heterocycles. The van der Waals surface area contributed by atoms with Crippen molar-refractivity contribution in [1.29, 1.82) is 10.5 Å². The van der Waals surface area contributed by atoms with Gasteiger partial charge in [0.15, 0.2) is 11.5 Å². The van der Waals surface area contributed by atoms with Crippen LogP contribution < -0.4 is 5.73 Å². The molecule has 2 N–H and O–H groups in total. The van der Waals surface area contributed by atoms with Gasteiger partial charge in [0.1, 0.15) is 11.5 Å². The second-order valence-electron chi connectivity index (χ2n) is 10.8. The molecule has 192 valence electrons. The largest absolute Gasteiger partial charge is 0.333 e. The number of nitriles is 2. The Bertz CT molecular complexity index is 1920. The lowest BCUT2D eigenvalue weighted by Crippen LogP contribution is -2.54. The third-order valence-corrected chi connectivity index (χ3v) is 8.14. The summed E-state index contributed by atoms with van der Waals surface area (Å²) in [5, 5.41) is 23.7. The second-order valence-corrected chi connectivity index (χ2v) is 10.8. The molecule has 7 rings (SSSR count). The van der Waals surface area contributed by atoms with Gasteiger partial charge in [-0.3, -0.25) is 4.79 Å². The lowest BCUT2D eigenvalue weighted by atomic mass is 9.59. The van der Waals surface area contributed by atoms with Gasteiger partial charge in [0.2, 0.25) is 0 Å². The van der Waals surface area contributed by atoms with Gasteiger partial charge in [-0.1, -0.05) is 6.07 Å². The SMILES string of the molecule is [2H]C([2H])([2H])N1C(=O)c2cccc(C#N)c2[C@H]2C[C@@H]1c1nn3cc(F)c(-c4cnc(C5(N)CC(C)(C#N)C5)nc4)nc3c12. The average Bonchev–Trinajstić information content (AvgIpc) is 3.43. The van der Waals surface area contributed by atoms with Crippen LogP contribution in [0.3, 0.4) is 0 Å². The number of carbonyl (C=O) groups is 1. The summed E-state index contributed by atoms with van der Waals surface area (Å²) in [6, 6.07) is 8.11. The smallest absolute Gasteiger partial charge is 0.254 e. The zero-order chi connectivity index (χ0) is 29.8. The average molecular weight is 523 g/mol. The van der Waals surface area contributed by atoms with Gasteiger partial charge >= 0.3 is 0 Å². The first kappa shape index (κ1) is 20.3. The van der Waals surface area contributed by atoms with E-state index in [1.165, 1.54) is 23.0 Å². The molecule has 2 aliphatic carbocycles. The molecule has 1 aromatic carbocycles. The van der Waals surface area contributed by atoms with E-state index in [1.54, 1.807) is 12.1 Å². The Morgan fingerprint density at radius 1 is 1.23 bits per heavy atom. The van der Waals surface area contributed by atoms with Crippen LogP contribution in [-0.4, -0.2) is 42.3 Å². The Labute approximate surface area is 226 Å². The number of rotatable bonds is 2. The van der Waals surface area contributed by atoms with Crippen molar-refractivity contribution in [3.8, 4) is 23.4 Å². The van der Waals surface area contributed by atoms with Gasteiger partial charge in [0.05, 0.1) is 46.6 Å². The number of nitrogens with two attached hydrogens (primary N) is 1. The van der Waals surface area contributed by atoms with Gasteiger partial charge in [-0.05, 0) is 43.9 Å². The first-order valence-electron chi connectivity index (χ1n) is 13.9. The summed E-state index contributed by atoms with van der Waals surface area (Å²) in [6.45, 7) is -0.963. The van der Waals surface area contributed by atoms with Crippen molar-refractivity contribution >= 4 is 11.6 Å². The van der Waals surface area contributed by atoms with E-state index in [0.29, 0.717) is 35.5 Å². The van der Waals surface area contributed by atoms with Gasteiger partial charge in [-0.25, -0.2) is 23.9 Å². The van der Waals surface area contributed by atoms with Crippen molar-refractivity contribution in [3.05, 3.63) is 76.4 Å². The third kappa shape index (κ3) is 3.11. The fourth-order valence-corrected chi connectivity index (χ4v) is 6.49. The standard InChI is InChI=1S/C28H22FN9O/c1-27(13-31)11-28(32,12-27)26-33-8-15(9-34-26)22-18(29)10-38-24(35-22)21-17-6-19(23(21)36-38)37(2)25(39)16-5-3-4-14(7-30)20(16)17/h3-5,8-10,17,19H,6,11-12,32H2,1-2H3/t17-,19-,27?,28?/m1/s1/i2D3. The monoisotopic (exact) mass is 522 g/mol. The minimum absolute atomic E-state index is 0.0462. The summed E-state index contributed by atoms with van der Waals surface area (Å²) < 4.78 is 41.1. The van der Waals surface area contributed by atoms with E-state index in [9.17, 15) is 15.3 Å². The lowest BCUT2D eigenvalue weighted by molar-refractivity contribution is 0.0734. The van der Waals surface area contributed by atoms with Crippen LogP contribution in [0.15, 0.2) is 36.8 Å². The van der Waals surface area contributed by atoms with Crippen molar-refractivity contribution in [1.82, 2.24) is 29.5 Å². The summed E-state index contributed by atoms with van der Waals surface area (Å²) in [6.07, 6.45) is 5.00. The molecule has 2 atom stereocenters. The first-order valence-corrected chi connectivity index (χ1v) is 12.4. The summed E-state index contributed by atoms with van der Waals surface area (Å²) >= 11 is 0. The molecule has 11 heteroatoms. The van der Waals surface area contributed by atoms with E-state index in [0.717, 1.165) is 11.1 Å². The number of aromatic nitrogens is 5. The van der Waals surface area contributed by atoms with Gasteiger partial charge < -0.3 is 10.6 Å². The number of benzene rings is 1. The summed E-state index contributed by atoms with van der Waals surface area (Å²) in [7, 11) is 0. The Kier molecular flexibility index (Phi) is 3.97. The molecule has 39 heavy (non-hydrogen) atoms. The quantitative estimate of drug-likeness (QED) is 0.421. The van der Waals surface area contributed by atoms with Gasteiger partial charge in [0, 0.05) is 46.1 Å². The summed E-state index contributed by atoms with van der Waals surface area (Å²) in [5.41, 5.74) is 7.17. The second kappa shape index (κ2) is 7.65. The number of nitrogens with zero attached hydrogens (tertiary/aromatic N) is 8. The van der Waals surface area contributed by atoms with Crippen molar-refractivity contribution in [3.63, 3.8) is 0 Å². The van der Waals surface area contributed by atoms with Crippen LogP contribution in [0.5, 0.6) is 0 Å². The highest BCUT2D eigenvalue weighted by molar-refractivity contribution is 5.98. The minimum atomic E-state index is -2.79. The van der Waals surface area contributed by atoms with E-state index < -0.39 is 41.6 Å². The maximum atomic E-state index is 15.4. The minimum Gasteiger partial charge on any atom is -0.333 e. The van der Waals surface area contributed by atoms with Crippen molar-refractivity contribution in [2.45, 2.75) is 43.7 Å². The number of amides is 1. The van der Waals surface area contributed by atoms with E-state index in [1.807, 2.05) is 6.92 Å². The summed E-state index contributed by atoms with van der Waals surface area (Å²) in [4.78, 5) is 27.7. The molecular formula is C28H22FN9O. The molecule has 0 saturated heterocycles. The van der Waals surface area contributed by atoms with E-state index >= 15 is 4.39 Å². The van der Waals surface area contributed by atoms with Crippen LogP contribution in [0.25, 0.3) is 16.9 Å².